The van der Waals surface area contributed by atoms with Gasteiger partial charge in [-0.05, 0) is 24.3 Å². The van der Waals surface area contributed by atoms with Gasteiger partial charge < -0.3 is 4.90 Å². The molecule has 1 fully saturated rings. The Morgan fingerprint density at radius 3 is 2.44 bits per heavy atom. The van der Waals surface area contributed by atoms with Crippen LogP contribution in [-0.4, -0.2) is 43.2 Å². The van der Waals surface area contributed by atoms with Gasteiger partial charge in [0, 0.05) is 20.1 Å². The zero-order chi connectivity index (χ0) is 13.0. The van der Waals surface area contributed by atoms with Crippen molar-refractivity contribution in [3.05, 3.63) is 35.9 Å². The molecule has 0 radical (unpaired) electrons. The zero-order valence-corrected chi connectivity index (χ0v) is 11.0. The fraction of sp³-hybridized carbons (Fsp3) is 0.500. The van der Waals surface area contributed by atoms with Gasteiger partial charge in [-0.15, -0.1) is 0 Å². The standard InChI is InChI=1S/C14H20N2O2/c1-15(18-2)14(17)16-10-8-13(9-11-16)12-6-4-3-5-7-12/h3-7,13H,8-11H2,1-2H3. The van der Waals surface area contributed by atoms with Gasteiger partial charge in [-0.2, -0.15) is 0 Å². The van der Waals surface area contributed by atoms with Gasteiger partial charge in [0.1, 0.15) is 0 Å². The summed E-state index contributed by atoms with van der Waals surface area (Å²) in [5, 5.41) is 1.28. The number of rotatable bonds is 2. The third-order valence-corrected chi connectivity index (χ3v) is 3.58. The predicted octanol–water partition coefficient (Wildman–Crippen LogP) is 2.48. The lowest BCUT2D eigenvalue weighted by atomic mass is 9.90. The Morgan fingerprint density at radius 1 is 1.28 bits per heavy atom. The van der Waals surface area contributed by atoms with Crippen molar-refractivity contribution in [1.82, 2.24) is 9.96 Å². The number of hydrogen-bond acceptors (Lipinski definition) is 2. The van der Waals surface area contributed by atoms with E-state index in [0.717, 1.165) is 25.9 Å². The highest BCUT2D eigenvalue weighted by atomic mass is 16.7. The lowest BCUT2D eigenvalue weighted by Gasteiger charge is -2.33. The number of hydrogen-bond donors (Lipinski definition) is 0. The van der Waals surface area contributed by atoms with Crippen LogP contribution in [0.5, 0.6) is 0 Å². The number of amides is 2. The summed E-state index contributed by atoms with van der Waals surface area (Å²) < 4.78 is 0. The Kier molecular flexibility index (Phi) is 4.20. The summed E-state index contributed by atoms with van der Waals surface area (Å²) in [6.45, 7) is 1.60. The molecule has 0 aliphatic carbocycles. The molecule has 98 valence electrons. The monoisotopic (exact) mass is 248 g/mol. The second kappa shape index (κ2) is 5.87. The van der Waals surface area contributed by atoms with E-state index in [2.05, 4.69) is 24.3 Å². The summed E-state index contributed by atoms with van der Waals surface area (Å²) in [5.74, 6) is 0.572. The van der Waals surface area contributed by atoms with Crippen LogP contribution in [0, 0.1) is 0 Å². The van der Waals surface area contributed by atoms with Gasteiger partial charge in [0.25, 0.3) is 0 Å². The smallest absolute Gasteiger partial charge is 0.323 e. The fourth-order valence-electron chi connectivity index (χ4n) is 2.41. The van der Waals surface area contributed by atoms with E-state index in [1.54, 1.807) is 7.05 Å². The summed E-state index contributed by atoms with van der Waals surface area (Å²) in [4.78, 5) is 18.7. The van der Waals surface area contributed by atoms with Crippen LogP contribution >= 0.6 is 0 Å². The highest BCUT2D eigenvalue weighted by molar-refractivity contribution is 5.73. The van der Waals surface area contributed by atoms with Crippen LogP contribution in [0.15, 0.2) is 30.3 Å². The van der Waals surface area contributed by atoms with Crippen LogP contribution in [0.2, 0.25) is 0 Å². The topological polar surface area (TPSA) is 32.8 Å². The van der Waals surface area contributed by atoms with E-state index in [-0.39, 0.29) is 6.03 Å². The maximum atomic E-state index is 11.9. The van der Waals surface area contributed by atoms with E-state index in [0.29, 0.717) is 5.92 Å². The van der Waals surface area contributed by atoms with E-state index in [9.17, 15) is 4.79 Å². The minimum atomic E-state index is -0.0518. The summed E-state index contributed by atoms with van der Waals surface area (Å²) in [6.07, 6.45) is 2.04. The van der Waals surface area contributed by atoms with Crippen molar-refractivity contribution >= 4 is 6.03 Å². The summed E-state index contributed by atoms with van der Waals surface area (Å²) >= 11 is 0. The Morgan fingerprint density at radius 2 is 1.89 bits per heavy atom. The van der Waals surface area contributed by atoms with E-state index in [1.807, 2.05) is 11.0 Å². The van der Waals surface area contributed by atoms with Crippen molar-refractivity contribution < 1.29 is 9.63 Å². The Bertz CT molecular complexity index is 386. The number of nitrogens with zero attached hydrogens (tertiary/aromatic N) is 2. The molecule has 0 bridgehead atoms. The number of benzene rings is 1. The van der Waals surface area contributed by atoms with Gasteiger partial charge in [0.15, 0.2) is 0 Å². The lowest BCUT2D eigenvalue weighted by Crippen LogP contribution is -2.44. The van der Waals surface area contributed by atoms with Crippen molar-refractivity contribution in [2.45, 2.75) is 18.8 Å². The maximum absolute atomic E-state index is 11.9. The molecule has 0 saturated carbocycles. The van der Waals surface area contributed by atoms with Gasteiger partial charge in [-0.1, -0.05) is 30.3 Å². The molecule has 0 unspecified atom stereocenters. The van der Waals surface area contributed by atoms with Crippen molar-refractivity contribution in [2.75, 3.05) is 27.2 Å². The molecule has 0 N–H and O–H groups in total. The summed E-state index contributed by atoms with van der Waals surface area (Å²) in [5.41, 5.74) is 1.38. The van der Waals surface area contributed by atoms with Crippen LogP contribution in [0.1, 0.15) is 24.3 Å². The molecule has 2 rings (SSSR count). The molecule has 1 saturated heterocycles. The van der Waals surface area contributed by atoms with Crippen LogP contribution in [0.3, 0.4) is 0 Å². The first kappa shape index (κ1) is 12.9. The average Bonchev–Trinajstić information content (AvgIpc) is 2.47. The second-order valence-electron chi connectivity index (χ2n) is 4.63. The number of piperidine rings is 1. The highest BCUT2D eigenvalue weighted by Crippen LogP contribution is 2.27. The van der Waals surface area contributed by atoms with Gasteiger partial charge in [-0.3, -0.25) is 4.84 Å². The number of hydroxylamine groups is 2. The van der Waals surface area contributed by atoms with E-state index in [1.165, 1.54) is 17.7 Å². The third-order valence-electron chi connectivity index (χ3n) is 3.58. The lowest BCUT2D eigenvalue weighted by molar-refractivity contribution is -0.0772. The molecule has 1 aliphatic heterocycles. The maximum Gasteiger partial charge on any atom is 0.343 e. The Balaban J connectivity index is 1.90. The third kappa shape index (κ3) is 2.82. The molecule has 4 heteroatoms. The van der Waals surface area contributed by atoms with Crippen molar-refractivity contribution in [2.24, 2.45) is 0 Å². The summed E-state index contributed by atoms with van der Waals surface area (Å²) in [7, 11) is 3.15. The second-order valence-corrected chi connectivity index (χ2v) is 4.63. The molecule has 1 aliphatic rings. The SMILES string of the molecule is CON(C)C(=O)N1CCC(c2ccccc2)CC1. The normalized spacial score (nSPS) is 16.7. The molecule has 0 atom stereocenters. The molecule has 1 aromatic carbocycles. The van der Waals surface area contributed by atoms with Gasteiger partial charge in [-0.25, -0.2) is 9.86 Å². The molecule has 1 aromatic rings. The largest absolute Gasteiger partial charge is 0.343 e. The van der Waals surface area contributed by atoms with Gasteiger partial charge in [0.2, 0.25) is 0 Å². The van der Waals surface area contributed by atoms with Crippen LogP contribution < -0.4 is 0 Å². The molecule has 2 amide bonds. The number of carbonyl (C=O) groups excluding carboxylic acids is 1. The molecule has 4 nitrogen and oxygen atoms in total. The van der Waals surface area contributed by atoms with E-state index < -0.39 is 0 Å². The van der Waals surface area contributed by atoms with Gasteiger partial charge >= 0.3 is 6.03 Å². The first-order valence-electron chi connectivity index (χ1n) is 6.34. The minimum Gasteiger partial charge on any atom is -0.323 e. The fourth-order valence-corrected chi connectivity index (χ4v) is 2.41. The first-order chi connectivity index (χ1) is 8.72. The quantitative estimate of drug-likeness (QED) is 0.753. The number of carbonyl (C=O) groups is 1. The Hall–Kier alpha value is -1.55. The highest BCUT2D eigenvalue weighted by Gasteiger charge is 2.25. The average molecular weight is 248 g/mol. The van der Waals surface area contributed by atoms with Crippen LogP contribution in [0.4, 0.5) is 4.79 Å². The van der Waals surface area contributed by atoms with Crippen molar-refractivity contribution in [3.8, 4) is 0 Å². The number of likely N-dealkylation sites (tertiary alicyclic amines) is 1. The van der Waals surface area contributed by atoms with Gasteiger partial charge in [0.05, 0.1) is 7.11 Å². The van der Waals surface area contributed by atoms with Crippen molar-refractivity contribution in [3.63, 3.8) is 0 Å². The minimum absolute atomic E-state index is 0.0518. The van der Waals surface area contributed by atoms with E-state index in [4.69, 9.17) is 4.84 Å². The number of urea groups is 1. The van der Waals surface area contributed by atoms with Crippen LogP contribution in [0.25, 0.3) is 0 Å². The molecule has 0 spiro atoms. The first-order valence-corrected chi connectivity index (χ1v) is 6.34. The Labute approximate surface area is 108 Å². The zero-order valence-electron chi connectivity index (χ0n) is 11.0. The molecular weight excluding hydrogens is 228 g/mol. The molecular formula is C14H20N2O2. The van der Waals surface area contributed by atoms with Crippen molar-refractivity contribution in [1.29, 1.82) is 0 Å². The summed E-state index contributed by atoms with van der Waals surface area (Å²) in [6, 6.07) is 10.5. The predicted molar refractivity (Wildman–Crippen MR) is 70.2 cm³/mol. The van der Waals surface area contributed by atoms with E-state index >= 15 is 0 Å². The molecule has 0 aromatic heterocycles. The molecule has 18 heavy (non-hydrogen) atoms. The van der Waals surface area contributed by atoms with Crippen LogP contribution in [-0.2, 0) is 4.84 Å². The molecule has 1 heterocycles.